The molecule has 20 heavy (non-hydrogen) atoms. The number of allylic oxidation sites excluding steroid dienone is 1. The van der Waals surface area contributed by atoms with Gasteiger partial charge in [-0.05, 0) is 26.3 Å². The summed E-state index contributed by atoms with van der Waals surface area (Å²) in [7, 11) is 0. The van der Waals surface area contributed by atoms with E-state index in [0.29, 0.717) is 11.1 Å². The molecule has 0 amide bonds. The van der Waals surface area contributed by atoms with E-state index in [-0.39, 0.29) is 11.5 Å². The highest BCUT2D eigenvalue weighted by Crippen LogP contribution is 2.16. The summed E-state index contributed by atoms with van der Waals surface area (Å²) < 4.78 is 0. The smallest absolute Gasteiger partial charge is 0.189 e. The second kappa shape index (κ2) is 5.74. The van der Waals surface area contributed by atoms with Gasteiger partial charge in [-0.15, -0.1) is 0 Å². The Morgan fingerprint density at radius 2 is 1.55 bits per heavy atom. The van der Waals surface area contributed by atoms with Crippen molar-refractivity contribution in [3.8, 4) is 0 Å². The molecule has 0 atom stereocenters. The monoisotopic (exact) mass is 266 g/mol. The van der Waals surface area contributed by atoms with Crippen LogP contribution < -0.4 is 0 Å². The normalized spacial score (nSPS) is 11.4. The SMILES string of the molecule is Cc1ccc(C(O)=CC(=O)c2ccc(C)cc2C)cc1. The van der Waals surface area contributed by atoms with E-state index in [4.69, 9.17) is 0 Å². The van der Waals surface area contributed by atoms with Crippen molar-refractivity contribution in [2.24, 2.45) is 0 Å². The summed E-state index contributed by atoms with van der Waals surface area (Å²) in [5.41, 5.74) is 4.42. The van der Waals surface area contributed by atoms with E-state index in [9.17, 15) is 9.90 Å². The van der Waals surface area contributed by atoms with E-state index in [2.05, 4.69) is 0 Å². The van der Waals surface area contributed by atoms with Crippen molar-refractivity contribution >= 4 is 11.5 Å². The second-order valence-electron chi connectivity index (χ2n) is 5.08. The Labute approximate surface area is 119 Å². The van der Waals surface area contributed by atoms with Gasteiger partial charge in [0.1, 0.15) is 5.76 Å². The Bertz CT molecular complexity index is 664. The molecule has 0 saturated carbocycles. The predicted molar refractivity (Wildman–Crippen MR) is 82.0 cm³/mol. The van der Waals surface area contributed by atoms with E-state index in [0.717, 1.165) is 16.7 Å². The first-order valence-electron chi connectivity index (χ1n) is 6.56. The van der Waals surface area contributed by atoms with Gasteiger partial charge in [0.2, 0.25) is 0 Å². The van der Waals surface area contributed by atoms with Crippen LogP contribution in [0.1, 0.15) is 32.6 Å². The van der Waals surface area contributed by atoms with Crippen LogP contribution in [0.15, 0.2) is 48.5 Å². The van der Waals surface area contributed by atoms with Crippen LogP contribution in [0.2, 0.25) is 0 Å². The first-order valence-corrected chi connectivity index (χ1v) is 6.56. The van der Waals surface area contributed by atoms with Crippen molar-refractivity contribution in [3.05, 3.63) is 76.4 Å². The van der Waals surface area contributed by atoms with Gasteiger partial charge >= 0.3 is 0 Å². The third-order valence-corrected chi connectivity index (χ3v) is 3.26. The number of aliphatic hydroxyl groups is 1. The predicted octanol–water partition coefficient (Wildman–Crippen LogP) is 4.39. The molecule has 0 unspecified atom stereocenters. The fourth-order valence-electron chi connectivity index (χ4n) is 2.10. The number of hydrogen-bond acceptors (Lipinski definition) is 2. The lowest BCUT2D eigenvalue weighted by atomic mass is 10.0. The van der Waals surface area contributed by atoms with Gasteiger partial charge in [-0.2, -0.15) is 0 Å². The number of aryl methyl sites for hydroxylation is 3. The second-order valence-corrected chi connectivity index (χ2v) is 5.08. The zero-order chi connectivity index (χ0) is 14.7. The molecule has 0 saturated heterocycles. The molecule has 0 aliphatic rings. The maximum absolute atomic E-state index is 12.2. The molecule has 0 spiro atoms. The van der Waals surface area contributed by atoms with Gasteiger partial charge < -0.3 is 5.11 Å². The number of hydrogen-bond donors (Lipinski definition) is 1. The third-order valence-electron chi connectivity index (χ3n) is 3.26. The van der Waals surface area contributed by atoms with Crippen molar-refractivity contribution in [1.82, 2.24) is 0 Å². The zero-order valence-corrected chi connectivity index (χ0v) is 12.0. The number of carbonyl (C=O) groups is 1. The Balaban J connectivity index is 2.29. The minimum Gasteiger partial charge on any atom is -0.507 e. The first kappa shape index (κ1) is 14.1. The molecular formula is C18H18O2. The maximum Gasteiger partial charge on any atom is 0.189 e. The Kier molecular flexibility index (Phi) is 4.04. The maximum atomic E-state index is 12.2. The third kappa shape index (κ3) is 3.15. The van der Waals surface area contributed by atoms with E-state index >= 15 is 0 Å². The Hall–Kier alpha value is -2.35. The van der Waals surface area contributed by atoms with Gasteiger partial charge in [0.15, 0.2) is 5.78 Å². The minimum atomic E-state index is -0.180. The van der Waals surface area contributed by atoms with Crippen LogP contribution in [0.25, 0.3) is 5.76 Å². The highest BCUT2D eigenvalue weighted by Gasteiger charge is 2.09. The number of benzene rings is 2. The van der Waals surface area contributed by atoms with E-state index < -0.39 is 0 Å². The molecule has 2 aromatic rings. The standard InChI is InChI=1S/C18H18O2/c1-12-4-7-15(8-5-12)17(19)11-18(20)16-9-6-13(2)10-14(16)3/h4-11,19H,1-3H3. The summed E-state index contributed by atoms with van der Waals surface area (Å²) in [6.07, 6.45) is 1.28. The number of ketones is 1. The summed E-state index contributed by atoms with van der Waals surface area (Å²) in [6.45, 7) is 5.86. The van der Waals surface area contributed by atoms with Crippen LogP contribution in [0.5, 0.6) is 0 Å². The quantitative estimate of drug-likeness (QED) is 0.508. The molecule has 2 nitrogen and oxygen atoms in total. The number of aliphatic hydroxyl groups excluding tert-OH is 1. The first-order chi connectivity index (χ1) is 9.47. The van der Waals surface area contributed by atoms with Gasteiger partial charge in [-0.25, -0.2) is 0 Å². The van der Waals surface area contributed by atoms with Gasteiger partial charge in [0, 0.05) is 17.2 Å². The fourth-order valence-corrected chi connectivity index (χ4v) is 2.10. The molecule has 102 valence electrons. The Morgan fingerprint density at radius 3 is 2.15 bits per heavy atom. The van der Waals surface area contributed by atoms with Crippen molar-refractivity contribution in [1.29, 1.82) is 0 Å². The van der Waals surface area contributed by atoms with E-state index in [1.807, 2.05) is 45.0 Å². The van der Waals surface area contributed by atoms with Crippen molar-refractivity contribution < 1.29 is 9.90 Å². The molecule has 0 aliphatic carbocycles. The summed E-state index contributed by atoms with van der Waals surface area (Å²) in [6, 6.07) is 13.1. The summed E-state index contributed by atoms with van der Waals surface area (Å²) >= 11 is 0. The van der Waals surface area contributed by atoms with Crippen LogP contribution in [0, 0.1) is 20.8 Å². The van der Waals surface area contributed by atoms with Gasteiger partial charge in [0.05, 0.1) is 0 Å². The molecule has 0 radical (unpaired) electrons. The summed E-state index contributed by atoms with van der Waals surface area (Å²) in [4.78, 5) is 12.2. The lowest BCUT2D eigenvalue weighted by Crippen LogP contribution is -2.00. The Morgan fingerprint density at radius 1 is 0.950 bits per heavy atom. The highest BCUT2D eigenvalue weighted by atomic mass is 16.3. The van der Waals surface area contributed by atoms with Crippen LogP contribution >= 0.6 is 0 Å². The van der Waals surface area contributed by atoms with Crippen LogP contribution in [-0.2, 0) is 0 Å². The molecule has 0 aliphatic heterocycles. The summed E-state index contributed by atoms with van der Waals surface area (Å²) in [5, 5.41) is 10.0. The molecule has 0 bridgehead atoms. The molecule has 2 rings (SSSR count). The van der Waals surface area contributed by atoms with Crippen molar-refractivity contribution in [2.45, 2.75) is 20.8 Å². The molecule has 0 aromatic heterocycles. The van der Waals surface area contributed by atoms with E-state index in [1.165, 1.54) is 6.08 Å². The fraction of sp³-hybridized carbons (Fsp3) is 0.167. The largest absolute Gasteiger partial charge is 0.507 e. The van der Waals surface area contributed by atoms with Crippen LogP contribution in [0.3, 0.4) is 0 Å². The van der Waals surface area contributed by atoms with E-state index in [1.54, 1.807) is 18.2 Å². The number of rotatable bonds is 3. The lowest BCUT2D eigenvalue weighted by Gasteiger charge is -2.04. The topological polar surface area (TPSA) is 37.3 Å². The minimum absolute atomic E-state index is 0.00465. The van der Waals surface area contributed by atoms with Gasteiger partial charge in [0.25, 0.3) is 0 Å². The molecule has 0 heterocycles. The average Bonchev–Trinajstić information content (AvgIpc) is 2.39. The van der Waals surface area contributed by atoms with Crippen LogP contribution in [0.4, 0.5) is 0 Å². The summed E-state index contributed by atoms with van der Waals surface area (Å²) in [5.74, 6) is -0.185. The molecule has 2 heteroatoms. The average molecular weight is 266 g/mol. The van der Waals surface area contributed by atoms with Crippen molar-refractivity contribution in [2.75, 3.05) is 0 Å². The molecular weight excluding hydrogens is 248 g/mol. The van der Waals surface area contributed by atoms with Crippen LogP contribution in [-0.4, -0.2) is 10.9 Å². The number of carbonyl (C=O) groups excluding carboxylic acids is 1. The van der Waals surface area contributed by atoms with Crippen molar-refractivity contribution in [3.63, 3.8) is 0 Å². The molecule has 2 aromatic carbocycles. The van der Waals surface area contributed by atoms with Gasteiger partial charge in [-0.1, -0.05) is 53.6 Å². The molecule has 1 N–H and O–H groups in total. The zero-order valence-electron chi connectivity index (χ0n) is 12.0. The lowest BCUT2D eigenvalue weighted by molar-refractivity contribution is 0.104. The van der Waals surface area contributed by atoms with Gasteiger partial charge in [-0.3, -0.25) is 4.79 Å². The molecule has 0 fully saturated rings. The highest BCUT2D eigenvalue weighted by molar-refractivity contribution is 6.08.